The van der Waals surface area contributed by atoms with Crippen LogP contribution in [0.15, 0.2) is 83.9 Å². The van der Waals surface area contributed by atoms with Gasteiger partial charge in [-0.15, -0.1) is 0 Å². The number of carbonyl (C=O) groups is 1. The van der Waals surface area contributed by atoms with Crippen molar-refractivity contribution in [1.29, 1.82) is 0 Å². The van der Waals surface area contributed by atoms with Crippen molar-refractivity contribution in [3.05, 3.63) is 111 Å². The summed E-state index contributed by atoms with van der Waals surface area (Å²) in [6.07, 6.45) is 1.88. The normalized spacial score (nSPS) is 11.7. The first-order chi connectivity index (χ1) is 19.9. The zero-order chi connectivity index (χ0) is 28.9. The van der Waals surface area contributed by atoms with E-state index in [0.29, 0.717) is 52.4 Å². The molecule has 11 nitrogen and oxygen atoms in total. The van der Waals surface area contributed by atoms with E-state index in [2.05, 4.69) is 20.6 Å². The number of nitrogen functional groups attached to an aromatic ring is 1. The van der Waals surface area contributed by atoms with Gasteiger partial charge in [0.2, 0.25) is 0 Å². The lowest BCUT2D eigenvalue weighted by Crippen LogP contribution is -2.29. The second-order valence-electron chi connectivity index (χ2n) is 9.16. The van der Waals surface area contributed by atoms with Crippen molar-refractivity contribution in [2.75, 3.05) is 16.4 Å². The summed E-state index contributed by atoms with van der Waals surface area (Å²) >= 11 is 6.36. The molecule has 41 heavy (non-hydrogen) atoms. The molecule has 6 N–H and O–H groups in total. The molecule has 0 fully saturated rings. The molecule has 1 unspecified atom stereocenters. The molecule has 0 aliphatic heterocycles. The van der Waals surface area contributed by atoms with Gasteiger partial charge in [-0.25, -0.2) is 20.4 Å². The Balaban J connectivity index is 1.58. The minimum atomic E-state index is -0.591. The van der Waals surface area contributed by atoms with Crippen molar-refractivity contribution in [2.45, 2.75) is 25.9 Å². The molecular weight excluding hydrogens is 544 g/mol. The molecule has 5 aromatic rings. The zero-order valence-electron chi connectivity index (χ0n) is 22.0. The van der Waals surface area contributed by atoms with E-state index >= 15 is 0 Å². The topological polar surface area (TPSA) is 160 Å². The number of fused-ring (bicyclic) bond motifs is 1. The lowest BCUT2D eigenvalue weighted by molar-refractivity contribution is 0.0706. The number of hydroxylamine groups is 1. The number of nitrogens with zero attached hydrogens (tertiary/aromatic N) is 4. The van der Waals surface area contributed by atoms with Crippen molar-refractivity contribution >= 4 is 45.7 Å². The van der Waals surface area contributed by atoms with Gasteiger partial charge in [-0.05, 0) is 48.4 Å². The van der Waals surface area contributed by atoms with Gasteiger partial charge in [0.05, 0.1) is 22.6 Å². The highest BCUT2D eigenvalue weighted by Crippen LogP contribution is 2.30. The number of para-hydroxylation sites is 1. The average Bonchev–Trinajstić information content (AvgIpc) is 3.00. The Morgan fingerprint density at radius 1 is 1.05 bits per heavy atom. The minimum absolute atomic E-state index is 0.146. The van der Waals surface area contributed by atoms with Crippen LogP contribution >= 0.6 is 11.6 Å². The van der Waals surface area contributed by atoms with Crippen LogP contribution in [0.1, 0.15) is 41.1 Å². The molecule has 0 saturated carbocycles. The van der Waals surface area contributed by atoms with Crippen LogP contribution in [0.3, 0.4) is 0 Å². The lowest BCUT2D eigenvalue weighted by Gasteiger charge is -2.23. The molecule has 5 rings (SSSR count). The summed E-state index contributed by atoms with van der Waals surface area (Å²) in [5.41, 5.74) is 10.2. The number of nitrogens with two attached hydrogens (primary N) is 1. The van der Waals surface area contributed by atoms with Gasteiger partial charge in [0, 0.05) is 17.8 Å². The van der Waals surface area contributed by atoms with Crippen molar-refractivity contribution in [2.24, 2.45) is 0 Å². The first-order valence-corrected chi connectivity index (χ1v) is 13.2. The number of benzene rings is 3. The van der Waals surface area contributed by atoms with E-state index in [-0.39, 0.29) is 16.4 Å². The number of amides is 1. The molecule has 1 amide bonds. The van der Waals surface area contributed by atoms with E-state index in [0.717, 1.165) is 5.56 Å². The highest BCUT2D eigenvalue weighted by molar-refractivity contribution is 6.35. The first-order valence-electron chi connectivity index (χ1n) is 12.8. The molecule has 0 bridgehead atoms. The van der Waals surface area contributed by atoms with Crippen molar-refractivity contribution in [3.8, 4) is 5.69 Å². The number of halogens is 1. The van der Waals surface area contributed by atoms with Gasteiger partial charge < -0.3 is 16.4 Å². The molecule has 0 radical (unpaired) electrons. The van der Waals surface area contributed by atoms with Crippen LogP contribution in [-0.2, 0) is 6.54 Å². The molecule has 3 aromatic carbocycles. The Kier molecular flexibility index (Phi) is 8.09. The van der Waals surface area contributed by atoms with Crippen molar-refractivity contribution < 1.29 is 10.0 Å². The maximum atomic E-state index is 14.2. The molecule has 2 heterocycles. The Morgan fingerprint density at radius 2 is 1.80 bits per heavy atom. The molecule has 1 atom stereocenters. The highest BCUT2D eigenvalue weighted by atomic mass is 35.5. The second-order valence-corrected chi connectivity index (χ2v) is 9.54. The molecule has 0 saturated heterocycles. The van der Waals surface area contributed by atoms with Gasteiger partial charge in [-0.3, -0.25) is 19.4 Å². The Morgan fingerprint density at radius 3 is 2.51 bits per heavy atom. The molecule has 2 aromatic heterocycles. The van der Waals surface area contributed by atoms with Crippen molar-refractivity contribution in [1.82, 2.24) is 25.0 Å². The summed E-state index contributed by atoms with van der Waals surface area (Å²) in [7, 11) is 0. The van der Waals surface area contributed by atoms with E-state index in [1.165, 1.54) is 6.33 Å². The number of hydrogen-bond donors (Lipinski definition) is 5. The van der Waals surface area contributed by atoms with Crippen LogP contribution in [0, 0.1) is 0 Å². The van der Waals surface area contributed by atoms with E-state index in [1.807, 2.05) is 49.4 Å². The van der Waals surface area contributed by atoms with Gasteiger partial charge in [0.1, 0.15) is 23.0 Å². The number of anilines is 3. The van der Waals surface area contributed by atoms with E-state index in [9.17, 15) is 9.59 Å². The van der Waals surface area contributed by atoms with Crippen LogP contribution < -0.4 is 27.4 Å². The second kappa shape index (κ2) is 12.0. The molecule has 0 spiro atoms. The number of hydrogen-bond acceptors (Lipinski definition) is 9. The van der Waals surface area contributed by atoms with Gasteiger partial charge >= 0.3 is 0 Å². The Bertz CT molecular complexity index is 1760. The van der Waals surface area contributed by atoms with Crippen LogP contribution in [-0.4, -0.2) is 30.6 Å². The predicted octanol–water partition coefficient (Wildman–Crippen LogP) is 4.71. The maximum absolute atomic E-state index is 14.2. The van der Waals surface area contributed by atoms with Crippen LogP contribution in [0.2, 0.25) is 5.02 Å². The Hall–Kier alpha value is -5.00. The van der Waals surface area contributed by atoms with E-state index in [4.69, 9.17) is 27.5 Å². The monoisotopic (exact) mass is 570 g/mol. The molecule has 12 heteroatoms. The number of carbonyl (C=O) groups excluding carboxylic acids is 1. The third kappa shape index (κ3) is 5.67. The lowest BCUT2D eigenvalue weighted by atomic mass is 10.1. The summed E-state index contributed by atoms with van der Waals surface area (Å²) in [6.45, 7) is 2.36. The van der Waals surface area contributed by atoms with Gasteiger partial charge in [0.15, 0.2) is 5.82 Å². The van der Waals surface area contributed by atoms with Gasteiger partial charge in [-0.1, -0.05) is 54.9 Å². The standard InChI is InChI=1S/C29H27ClN8O3/c1-2-20(35-26-24(30)25(31)33-16-34-26)27-36-22-10-6-9-21(23(22)29(40)38(27)19-7-4-3-5-8-19)32-15-17-11-13-18(14-12-17)28(39)37-41/h3-14,16,20,32,41H,2,15H2,1H3,(H,37,39)(H3,31,33,34,35). The number of rotatable bonds is 9. The molecular formula is C29H27ClN8O3. The summed E-state index contributed by atoms with van der Waals surface area (Å²) in [6, 6.07) is 21.1. The fourth-order valence-electron chi connectivity index (χ4n) is 4.49. The highest BCUT2D eigenvalue weighted by Gasteiger charge is 2.23. The SMILES string of the molecule is CCC(Nc1ncnc(N)c1Cl)c1nc2cccc(NCc3ccc(C(=O)NO)cc3)c2c(=O)n1-c1ccccc1. The first kappa shape index (κ1) is 27.6. The molecule has 0 aliphatic rings. The van der Waals surface area contributed by atoms with E-state index in [1.54, 1.807) is 40.4 Å². The smallest absolute Gasteiger partial charge is 0.274 e. The zero-order valence-corrected chi connectivity index (χ0v) is 22.8. The third-order valence-corrected chi connectivity index (χ3v) is 6.96. The number of aromatic nitrogens is 4. The quantitative estimate of drug-likeness (QED) is 0.125. The fourth-order valence-corrected chi connectivity index (χ4v) is 4.64. The summed E-state index contributed by atoms with van der Waals surface area (Å²) in [5.74, 6) is 0.386. The van der Waals surface area contributed by atoms with Crippen LogP contribution in [0.25, 0.3) is 16.6 Å². The molecule has 0 aliphatic carbocycles. The van der Waals surface area contributed by atoms with Crippen molar-refractivity contribution in [3.63, 3.8) is 0 Å². The number of nitrogens with one attached hydrogen (secondary N) is 3. The summed E-state index contributed by atoms with van der Waals surface area (Å²) in [5, 5.41) is 16.1. The predicted molar refractivity (Wildman–Crippen MR) is 158 cm³/mol. The fraction of sp³-hybridized carbons (Fsp3) is 0.138. The van der Waals surface area contributed by atoms with E-state index < -0.39 is 11.9 Å². The van der Waals surface area contributed by atoms with Crippen LogP contribution in [0.5, 0.6) is 0 Å². The third-order valence-electron chi connectivity index (χ3n) is 6.59. The maximum Gasteiger partial charge on any atom is 0.274 e. The van der Waals surface area contributed by atoms with Crippen LogP contribution in [0.4, 0.5) is 17.3 Å². The summed E-state index contributed by atoms with van der Waals surface area (Å²) in [4.78, 5) is 39.0. The average molecular weight is 571 g/mol. The van der Waals surface area contributed by atoms with Gasteiger partial charge in [-0.2, -0.15) is 0 Å². The molecule has 208 valence electrons. The van der Waals surface area contributed by atoms with Gasteiger partial charge in [0.25, 0.3) is 11.5 Å². The Labute approximate surface area is 240 Å². The minimum Gasteiger partial charge on any atom is -0.382 e. The largest absolute Gasteiger partial charge is 0.382 e. The summed E-state index contributed by atoms with van der Waals surface area (Å²) < 4.78 is 1.59.